The van der Waals surface area contributed by atoms with E-state index in [1.165, 1.54) is 0 Å². The van der Waals surface area contributed by atoms with Gasteiger partial charge in [-0.2, -0.15) is 0 Å². The number of aromatic nitrogens is 4. The van der Waals surface area contributed by atoms with E-state index in [0.717, 1.165) is 74.0 Å². The van der Waals surface area contributed by atoms with Gasteiger partial charge >= 0.3 is 0 Å². The molecule has 4 rings (SSSR count). The molecule has 0 radical (unpaired) electrons. The molecule has 12 heteroatoms. The van der Waals surface area contributed by atoms with Crippen molar-refractivity contribution in [1.29, 1.82) is 0 Å². The fourth-order valence-corrected chi connectivity index (χ4v) is 6.11. The molecule has 2 aromatic carbocycles. The zero-order valence-corrected chi connectivity index (χ0v) is 22.6. The molecule has 0 saturated carbocycles. The Kier molecular flexibility index (Phi) is 9.35. The van der Waals surface area contributed by atoms with Crippen LogP contribution >= 0.6 is 22.7 Å². The quantitative estimate of drug-likeness (QED) is 0.0966. The lowest BCUT2D eigenvalue weighted by atomic mass is 9.97. The van der Waals surface area contributed by atoms with Crippen molar-refractivity contribution in [3.05, 3.63) is 44.9 Å². The molecule has 0 saturated heterocycles. The first-order valence-electron chi connectivity index (χ1n) is 12.6. The standard InChI is InChI=1S/C26H26F6N4S2/c1-3-5-7-9-11-13-33-35-25(37-13)17-15-16(20(28)23(31)21(17)29)18(22(30)24(32)19(15)27)26-36-34-14(38-26)12-10-8-6-4-2/h3-12H2,1-2H3. The maximum absolute atomic E-state index is 15.2. The van der Waals surface area contributed by atoms with Crippen molar-refractivity contribution in [2.75, 3.05) is 0 Å². The molecule has 0 N–H and O–H groups in total. The van der Waals surface area contributed by atoms with E-state index in [0.29, 0.717) is 22.9 Å². The number of halogens is 6. The molecule has 0 aliphatic heterocycles. The summed E-state index contributed by atoms with van der Waals surface area (Å²) in [6.07, 6.45) is 8.49. The topological polar surface area (TPSA) is 51.6 Å². The van der Waals surface area contributed by atoms with Crippen molar-refractivity contribution < 1.29 is 26.3 Å². The molecule has 0 fully saturated rings. The van der Waals surface area contributed by atoms with Gasteiger partial charge < -0.3 is 0 Å². The zero-order valence-electron chi connectivity index (χ0n) is 20.9. The number of hydrogen-bond donors (Lipinski definition) is 0. The Morgan fingerprint density at radius 3 is 1.24 bits per heavy atom. The SMILES string of the molecule is CCCCCCc1nnc(-c2c(F)c(F)c(F)c3c(-c4nnc(CCCCCC)s4)c(F)c(F)c(F)c23)s1. The van der Waals surface area contributed by atoms with Crippen LogP contribution in [0.3, 0.4) is 0 Å². The molecule has 2 heterocycles. The van der Waals surface area contributed by atoms with Crippen molar-refractivity contribution in [3.8, 4) is 21.1 Å². The Hall–Kier alpha value is -2.60. The molecule has 0 unspecified atom stereocenters. The maximum Gasteiger partial charge on any atom is 0.195 e. The first-order chi connectivity index (χ1) is 18.3. The van der Waals surface area contributed by atoms with E-state index < -0.39 is 56.8 Å². The molecule has 0 atom stereocenters. The second kappa shape index (κ2) is 12.5. The Morgan fingerprint density at radius 2 is 0.868 bits per heavy atom. The number of benzene rings is 2. The molecular weight excluding hydrogens is 546 g/mol. The lowest BCUT2D eigenvalue weighted by Crippen LogP contribution is -2.05. The minimum absolute atomic E-state index is 0.262. The van der Waals surface area contributed by atoms with Crippen LogP contribution in [0.1, 0.15) is 75.2 Å². The molecule has 0 amide bonds. The van der Waals surface area contributed by atoms with Gasteiger partial charge in [0.05, 0.1) is 11.1 Å². The molecule has 4 aromatic rings. The van der Waals surface area contributed by atoms with Gasteiger partial charge in [0, 0.05) is 23.6 Å². The van der Waals surface area contributed by atoms with Crippen LogP contribution in [-0.4, -0.2) is 20.4 Å². The summed E-state index contributed by atoms with van der Waals surface area (Å²) < 4.78 is 90.3. The summed E-state index contributed by atoms with van der Waals surface area (Å²) in [5.41, 5.74) is -1.61. The van der Waals surface area contributed by atoms with E-state index >= 15 is 17.6 Å². The second-order valence-corrected chi connectivity index (χ2v) is 11.1. The lowest BCUT2D eigenvalue weighted by molar-refractivity contribution is 0.444. The van der Waals surface area contributed by atoms with Crippen LogP contribution in [0, 0.1) is 34.9 Å². The van der Waals surface area contributed by atoms with Gasteiger partial charge in [0.25, 0.3) is 0 Å². The highest BCUT2D eigenvalue weighted by molar-refractivity contribution is 7.15. The Labute approximate surface area is 224 Å². The average molecular weight is 573 g/mol. The summed E-state index contributed by atoms with van der Waals surface area (Å²) in [5, 5.41) is 14.1. The van der Waals surface area contributed by atoms with Gasteiger partial charge in [0.15, 0.2) is 44.9 Å². The van der Waals surface area contributed by atoms with Gasteiger partial charge in [-0.1, -0.05) is 75.0 Å². The van der Waals surface area contributed by atoms with Gasteiger partial charge in [-0.05, 0) is 12.8 Å². The first kappa shape index (κ1) is 28.4. The van der Waals surface area contributed by atoms with Crippen LogP contribution in [0.5, 0.6) is 0 Å². The van der Waals surface area contributed by atoms with E-state index in [1.54, 1.807) is 0 Å². The number of aryl methyl sites for hydroxylation is 2. The van der Waals surface area contributed by atoms with E-state index in [2.05, 4.69) is 34.2 Å². The number of unbranched alkanes of at least 4 members (excludes halogenated alkanes) is 6. The largest absolute Gasteiger partial charge is 0.203 e. The fraction of sp³-hybridized carbons (Fsp3) is 0.462. The van der Waals surface area contributed by atoms with Crippen LogP contribution in [0.15, 0.2) is 0 Å². The summed E-state index contributed by atoms with van der Waals surface area (Å²) in [6, 6.07) is 0. The van der Waals surface area contributed by atoms with Gasteiger partial charge in [-0.3, -0.25) is 0 Å². The summed E-state index contributed by atoms with van der Waals surface area (Å²) in [7, 11) is 0. The van der Waals surface area contributed by atoms with Gasteiger partial charge in [-0.15, -0.1) is 20.4 Å². The average Bonchev–Trinajstić information content (AvgIpc) is 3.57. The Balaban J connectivity index is 1.86. The molecule has 38 heavy (non-hydrogen) atoms. The van der Waals surface area contributed by atoms with Crippen molar-refractivity contribution in [2.24, 2.45) is 0 Å². The third-order valence-corrected chi connectivity index (χ3v) is 8.25. The third-order valence-electron chi connectivity index (χ3n) is 6.25. The molecule has 4 nitrogen and oxygen atoms in total. The minimum atomic E-state index is -1.96. The first-order valence-corrected chi connectivity index (χ1v) is 14.2. The van der Waals surface area contributed by atoms with Crippen molar-refractivity contribution in [1.82, 2.24) is 20.4 Å². The lowest BCUT2D eigenvalue weighted by Gasteiger charge is -2.14. The predicted octanol–water partition coefficient (Wildman–Crippen LogP) is 8.96. The third kappa shape index (κ3) is 5.56. The molecule has 2 aromatic heterocycles. The summed E-state index contributed by atoms with van der Waals surface area (Å²) in [4.78, 5) is 0. The monoisotopic (exact) mass is 572 g/mol. The Bertz CT molecular complexity index is 1330. The molecular formula is C26H26F6N4S2. The summed E-state index contributed by atoms with van der Waals surface area (Å²) >= 11 is 1.73. The molecule has 0 spiro atoms. The van der Waals surface area contributed by atoms with E-state index in [1.807, 2.05) is 0 Å². The van der Waals surface area contributed by atoms with Crippen molar-refractivity contribution >= 4 is 33.4 Å². The van der Waals surface area contributed by atoms with Crippen LogP contribution in [0.25, 0.3) is 31.9 Å². The van der Waals surface area contributed by atoms with Crippen LogP contribution in [0.2, 0.25) is 0 Å². The fourth-order valence-electron chi connectivity index (χ4n) is 4.26. The molecule has 204 valence electrons. The highest BCUT2D eigenvalue weighted by Crippen LogP contribution is 2.44. The molecule has 0 aliphatic rings. The molecule has 0 bridgehead atoms. The normalized spacial score (nSPS) is 11.7. The number of fused-ring (bicyclic) bond motifs is 1. The van der Waals surface area contributed by atoms with E-state index in [4.69, 9.17) is 0 Å². The highest BCUT2D eigenvalue weighted by atomic mass is 32.1. The summed E-state index contributed by atoms with van der Waals surface area (Å²) in [6.45, 7) is 4.11. The second-order valence-electron chi connectivity index (χ2n) is 9.01. The van der Waals surface area contributed by atoms with Crippen LogP contribution in [-0.2, 0) is 12.8 Å². The maximum atomic E-state index is 15.2. The minimum Gasteiger partial charge on any atom is -0.203 e. The van der Waals surface area contributed by atoms with Crippen LogP contribution < -0.4 is 0 Å². The molecule has 0 aliphatic carbocycles. The summed E-state index contributed by atoms with van der Waals surface area (Å²) in [5.74, 6) is -11.1. The van der Waals surface area contributed by atoms with Gasteiger partial charge in [0.2, 0.25) is 0 Å². The van der Waals surface area contributed by atoms with Crippen LogP contribution in [0.4, 0.5) is 26.3 Å². The van der Waals surface area contributed by atoms with E-state index in [9.17, 15) is 8.78 Å². The number of hydrogen-bond acceptors (Lipinski definition) is 6. The zero-order chi connectivity index (χ0) is 27.4. The smallest absolute Gasteiger partial charge is 0.195 e. The van der Waals surface area contributed by atoms with Gasteiger partial charge in [0.1, 0.15) is 10.0 Å². The predicted molar refractivity (Wildman–Crippen MR) is 137 cm³/mol. The van der Waals surface area contributed by atoms with E-state index in [-0.39, 0.29) is 10.0 Å². The van der Waals surface area contributed by atoms with Crippen molar-refractivity contribution in [3.63, 3.8) is 0 Å². The number of nitrogens with zero attached hydrogens (tertiary/aromatic N) is 4. The van der Waals surface area contributed by atoms with Gasteiger partial charge in [-0.25, -0.2) is 26.3 Å². The number of rotatable bonds is 12. The van der Waals surface area contributed by atoms with Crippen molar-refractivity contribution in [2.45, 2.75) is 78.1 Å². The Morgan fingerprint density at radius 1 is 0.474 bits per heavy atom. The highest BCUT2D eigenvalue weighted by Gasteiger charge is 2.33.